The van der Waals surface area contributed by atoms with Gasteiger partial charge in [0.1, 0.15) is 5.41 Å². The van der Waals surface area contributed by atoms with E-state index in [-0.39, 0.29) is 11.8 Å². The number of carbonyl (C=O) groups is 1. The molecule has 0 amide bonds. The van der Waals surface area contributed by atoms with Crippen LogP contribution in [0.4, 0.5) is 5.69 Å². The first-order valence-electron chi connectivity index (χ1n) is 10.1. The van der Waals surface area contributed by atoms with Crippen molar-refractivity contribution in [1.82, 2.24) is 0 Å². The second-order valence-electron chi connectivity index (χ2n) is 8.09. The topological polar surface area (TPSA) is 44.1 Å². The van der Waals surface area contributed by atoms with Gasteiger partial charge >= 0.3 is 0 Å². The molecule has 0 saturated carbocycles. The van der Waals surface area contributed by atoms with E-state index in [1.54, 1.807) is 0 Å². The Hall–Kier alpha value is -3.29. The van der Waals surface area contributed by atoms with Crippen molar-refractivity contribution in [2.24, 2.45) is 5.41 Å². The molecule has 1 unspecified atom stereocenters. The molecule has 4 heteroatoms. The minimum absolute atomic E-state index is 0.0376. The lowest BCUT2D eigenvalue weighted by atomic mass is 9.63. The minimum Gasteiger partial charge on any atom is -0.328 e. The molecule has 0 aromatic heterocycles. The van der Waals surface area contributed by atoms with Gasteiger partial charge in [-0.25, -0.2) is 0 Å². The van der Waals surface area contributed by atoms with Crippen LogP contribution >= 0.6 is 12.2 Å². The molecule has 146 valence electrons. The highest BCUT2D eigenvalue weighted by atomic mass is 32.1. The van der Waals surface area contributed by atoms with Crippen LogP contribution in [0.2, 0.25) is 0 Å². The summed E-state index contributed by atoms with van der Waals surface area (Å²) < 4.78 is 0. The molecule has 1 aliphatic carbocycles. The third-order valence-corrected chi connectivity index (χ3v) is 7.02. The van der Waals surface area contributed by atoms with Gasteiger partial charge in [-0.2, -0.15) is 5.26 Å². The van der Waals surface area contributed by atoms with Crippen molar-refractivity contribution in [1.29, 1.82) is 5.26 Å². The maximum Gasteiger partial charge on any atom is 0.177 e. The van der Waals surface area contributed by atoms with Crippen LogP contribution in [0.1, 0.15) is 45.4 Å². The average molecular weight is 409 g/mol. The van der Waals surface area contributed by atoms with E-state index in [1.165, 1.54) is 0 Å². The SMILES string of the molecule is Cc1ccc(N2C(=S)[C@]3(C(C#N)c4ccccc4)C[C@H]2c2ccccc2C3=O)cc1. The molecule has 0 N–H and O–H groups in total. The predicted molar refractivity (Wildman–Crippen MR) is 122 cm³/mol. The van der Waals surface area contributed by atoms with E-state index in [4.69, 9.17) is 12.2 Å². The minimum atomic E-state index is -1.05. The summed E-state index contributed by atoms with van der Waals surface area (Å²) >= 11 is 6.03. The van der Waals surface area contributed by atoms with Gasteiger partial charge < -0.3 is 4.90 Å². The van der Waals surface area contributed by atoms with Crippen LogP contribution in [-0.4, -0.2) is 10.8 Å². The molecule has 1 heterocycles. The number of carbonyl (C=O) groups excluding carboxylic acids is 1. The van der Waals surface area contributed by atoms with Crippen LogP contribution in [0.3, 0.4) is 0 Å². The molecule has 1 fully saturated rings. The number of thiocarbonyl (C=S) groups is 1. The maximum atomic E-state index is 13.9. The van der Waals surface area contributed by atoms with Gasteiger partial charge in [-0.05, 0) is 36.6 Å². The zero-order valence-electron chi connectivity index (χ0n) is 16.6. The molecule has 2 aliphatic rings. The molecule has 30 heavy (non-hydrogen) atoms. The van der Waals surface area contributed by atoms with Crippen molar-refractivity contribution in [3.63, 3.8) is 0 Å². The molecule has 1 saturated heterocycles. The number of aryl methyl sites for hydroxylation is 1. The van der Waals surface area contributed by atoms with Crippen molar-refractivity contribution in [2.45, 2.75) is 25.3 Å². The average Bonchev–Trinajstić information content (AvgIpc) is 3.05. The van der Waals surface area contributed by atoms with Crippen molar-refractivity contribution < 1.29 is 4.79 Å². The molecule has 2 bridgehead atoms. The van der Waals surface area contributed by atoms with Gasteiger partial charge in [0.15, 0.2) is 5.78 Å². The van der Waals surface area contributed by atoms with Crippen LogP contribution in [0, 0.1) is 23.7 Å². The molecular weight excluding hydrogens is 388 g/mol. The Labute approximate surface area is 181 Å². The Kier molecular flexibility index (Phi) is 4.30. The summed E-state index contributed by atoms with van der Waals surface area (Å²) in [4.78, 5) is 16.6. The van der Waals surface area contributed by atoms with E-state index in [0.29, 0.717) is 17.0 Å². The van der Waals surface area contributed by atoms with Crippen LogP contribution in [0.25, 0.3) is 0 Å². The number of nitrogens with zero attached hydrogens (tertiary/aromatic N) is 2. The molecule has 5 rings (SSSR count). The largest absolute Gasteiger partial charge is 0.328 e. The fourth-order valence-corrected chi connectivity index (χ4v) is 5.53. The standard InChI is InChI=1S/C26H20N2OS/c1-17-11-13-19(14-12-17)28-23-15-26(25(28)30,22(16-27)18-7-3-2-4-8-18)24(29)21-10-6-5-9-20(21)23/h2-14,22-23H,15H2,1H3/t22?,23-,26-/m0/s1. The number of hydrogen-bond acceptors (Lipinski definition) is 3. The second-order valence-corrected chi connectivity index (χ2v) is 8.48. The lowest BCUT2D eigenvalue weighted by Gasteiger charge is -2.34. The van der Waals surface area contributed by atoms with Crippen LogP contribution in [-0.2, 0) is 0 Å². The number of nitriles is 1. The third kappa shape index (κ3) is 2.49. The summed E-state index contributed by atoms with van der Waals surface area (Å²) in [5.74, 6) is -0.672. The summed E-state index contributed by atoms with van der Waals surface area (Å²) in [5.41, 5.74) is 3.59. The van der Waals surface area contributed by atoms with Gasteiger partial charge in [0.05, 0.1) is 23.0 Å². The van der Waals surface area contributed by atoms with Crippen molar-refractivity contribution in [2.75, 3.05) is 4.90 Å². The fraction of sp³-hybridized carbons (Fsp3) is 0.192. The fourth-order valence-electron chi connectivity index (χ4n) is 5.00. The van der Waals surface area contributed by atoms with E-state index in [1.807, 2.05) is 73.7 Å². The molecule has 3 atom stereocenters. The third-order valence-electron chi connectivity index (χ3n) is 6.46. The Morgan fingerprint density at radius 3 is 2.40 bits per heavy atom. The summed E-state index contributed by atoms with van der Waals surface area (Å²) in [6.07, 6.45) is 0.517. The Bertz CT molecular complexity index is 1200. The van der Waals surface area contributed by atoms with E-state index in [2.05, 4.69) is 23.1 Å². The highest BCUT2D eigenvalue weighted by molar-refractivity contribution is 7.80. The number of anilines is 1. The van der Waals surface area contributed by atoms with Gasteiger partial charge in [-0.3, -0.25) is 4.79 Å². The highest BCUT2D eigenvalue weighted by Gasteiger charge is 2.62. The van der Waals surface area contributed by atoms with Crippen molar-refractivity contribution in [3.05, 3.63) is 101 Å². The monoisotopic (exact) mass is 408 g/mol. The summed E-state index contributed by atoms with van der Waals surface area (Å²) in [5, 5.41) is 10.2. The van der Waals surface area contributed by atoms with Crippen LogP contribution in [0.5, 0.6) is 0 Å². The van der Waals surface area contributed by atoms with Gasteiger partial charge in [-0.1, -0.05) is 84.5 Å². The summed E-state index contributed by atoms with van der Waals surface area (Å²) in [6, 6.07) is 27.9. The Balaban J connectivity index is 1.75. The first-order valence-corrected chi connectivity index (χ1v) is 10.5. The lowest BCUT2D eigenvalue weighted by Crippen LogP contribution is -2.43. The molecule has 1 aliphatic heterocycles. The van der Waals surface area contributed by atoms with Gasteiger partial charge in [-0.15, -0.1) is 0 Å². The normalized spacial score (nSPS) is 23.1. The molecule has 3 aromatic rings. The van der Waals surface area contributed by atoms with Gasteiger partial charge in [0.2, 0.25) is 0 Å². The van der Waals surface area contributed by atoms with E-state index in [9.17, 15) is 10.1 Å². The smallest absolute Gasteiger partial charge is 0.177 e. The van der Waals surface area contributed by atoms with E-state index in [0.717, 1.165) is 22.4 Å². The number of ketones is 1. The highest BCUT2D eigenvalue weighted by Crippen LogP contribution is 2.59. The Morgan fingerprint density at radius 1 is 1.03 bits per heavy atom. The number of fused-ring (bicyclic) bond motifs is 4. The van der Waals surface area contributed by atoms with Gasteiger partial charge in [0.25, 0.3) is 0 Å². The number of benzene rings is 3. The lowest BCUT2D eigenvalue weighted by molar-refractivity contribution is 0.0843. The van der Waals surface area contributed by atoms with Crippen LogP contribution < -0.4 is 4.90 Å². The number of Topliss-reactive ketones (excluding diaryl/α,β-unsaturated/α-hetero) is 1. The molecule has 3 nitrogen and oxygen atoms in total. The molecule has 0 radical (unpaired) electrons. The first-order chi connectivity index (χ1) is 14.6. The molecule has 0 spiro atoms. The summed E-state index contributed by atoms with van der Waals surface area (Å²) in [6.45, 7) is 2.05. The molecular formula is C26H20N2OS. The zero-order chi connectivity index (χ0) is 20.9. The maximum absolute atomic E-state index is 13.9. The van der Waals surface area contributed by atoms with E-state index < -0.39 is 11.3 Å². The van der Waals surface area contributed by atoms with Crippen molar-refractivity contribution >= 4 is 28.7 Å². The van der Waals surface area contributed by atoms with Crippen LogP contribution in [0.15, 0.2) is 78.9 Å². The van der Waals surface area contributed by atoms with Crippen molar-refractivity contribution in [3.8, 4) is 6.07 Å². The quantitative estimate of drug-likeness (QED) is 0.517. The Morgan fingerprint density at radius 2 is 1.70 bits per heavy atom. The predicted octanol–water partition coefficient (Wildman–Crippen LogP) is 5.76. The second kappa shape index (κ2) is 6.90. The summed E-state index contributed by atoms with van der Waals surface area (Å²) in [7, 11) is 0. The zero-order valence-corrected chi connectivity index (χ0v) is 17.4. The first kappa shape index (κ1) is 18.7. The molecule has 3 aromatic carbocycles. The van der Waals surface area contributed by atoms with Gasteiger partial charge in [0, 0.05) is 11.3 Å². The number of rotatable bonds is 3. The van der Waals surface area contributed by atoms with E-state index >= 15 is 0 Å². The number of hydrogen-bond donors (Lipinski definition) is 0.